The number of fused-ring (bicyclic) bond motifs is 3. The van der Waals surface area contributed by atoms with E-state index >= 15 is 0 Å². The second kappa shape index (κ2) is 6.26. The quantitative estimate of drug-likeness (QED) is 0.879. The summed E-state index contributed by atoms with van der Waals surface area (Å²) in [6.07, 6.45) is 2.55. The number of nitrogens with one attached hydrogen (secondary N) is 1. The van der Waals surface area contributed by atoms with Gasteiger partial charge in [0.05, 0.1) is 12.8 Å². The van der Waals surface area contributed by atoms with Gasteiger partial charge >= 0.3 is 0 Å². The van der Waals surface area contributed by atoms with Gasteiger partial charge in [-0.2, -0.15) is 0 Å². The fraction of sp³-hybridized carbons (Fsp3) is 0.429. The van der Waals surface area contributed by atoms with Gasteiger partial charge in [-0.05, 0) is 66.1 Å². The Bertz CT molecular complexity index is 789. The SMILES string of the molecule is COc1ccc(-c2cc3c4c(c2)C2CNCCC2N4CCCS3)cc1. The van der Waals surface area contributed by atoms with E-state index in [0.717, 1.165) is 18.8 Å². The molecule has 3 aliphatic heterocycles. The van der Waals surface area contributed by atoms with E-state index in [1.54, 1.807) is 18.4 Å². The van der Waals surface area contributed by atoms with Gasteiger partial charge in [-0.3, -0.25) is 0 Å². The number of piperidine rings is 1. The molecule has 2 aromatic carbocycles. The van der Waals surface area contributed by atoms with Gasteiger partial charge in [0.15, 0.2) is 0 Å². The maximum atomic E-state index is 5.32. The van der Waals surface area contributed by atoms with E-state index in [1.165, 1.54) is 41.2 Å². The standard InChI is InChI=1S/C21H24N2OS/c1-24-16-5-3-14(4-6-16)15-11-17-18-13-22-8-7-19(18)23-9-2-10-25-20(12-15)21(17)23/h3-6,11-12,18-19,22H,2,7-10,13H2,1H3. The smallest absolute Gasteiger partial charge is 0.118 e. The van der Waals surface area contributed by atoms with E-state index < -0.39 is 0 Å². The van der Waals surface area contributed by atoms with E-state index in [1.807, 2.05) is 11.8 Å². The van der Waals surface area contributed by atoms with Crippen LogP contribution in [0.1, 0.15) is 24.3 Å². The predicted octanol–water partition coefficient (Wildman–Crippen LogP) is 4.12. The predicted molar refractivity (Wildman–Crippen MR) is 105 cm³/mol. The Labute approximate surface area is 153 Å². The van der Waals surface area contributed by atoms with Gasteiger partial charge in [-0.15, -0.1) is 11.8 Å². The van der Waals surface area contributed by atoms with Crippen molar-refractivity contribution in [3.05, 3.63) is 42.0 Å². The number of hydrogen-bond acceptors (Lipinski definition) is 4. The van der Waals surface area contributed by atoms with Crippen LogP contribution in [0.3, 0.4) is 0 Å². The lowest BCUT2D eigenvalue weighted by Crippen LogP contribution is -2.44. The Hall–Kier alpha value is -1.65. The van der Waals surface area contributed by atoms with Crippen LogP contribution in [0.5, 0.6) is 5.75 Å². The minimum absolute atomic E-state index is 0.638. The molecular weight excluding hydrogens is 328 g/mol. The summed E-state index contributed by atoms with van der Waals surface area (Å²) in [7, 11) is 1.72. The molecule has 2 aromatic rings. The third-order valence-corrected chi connectivity index (χ3v) is 6.98. The van der Waals surface area contributed by atoms with Crippen molar-refractivity contribution in [2.75, 3.05) is 37.4 Å². The normalized spacial score (nSPS) is 24.4. The van der Waals surface area contributed by atoms with Gasteiger partial charge in [-0.25, -0.2) is 0 Å². The van der Waals surface area contributed by atoms with Crippen molar-refractivity contribution in [1.29, 1.82) is 0 Å². The Morgan fingerprint density at radius 3 is 2.88 bits per heavy atom. The first kappa shape index (κ1) is 15.6. The first-order chi connectivity index (χ1) is 12.3. The Balaban J connectivity index is 1.63. The van der Waals surface area contributed by atoms with E-state index in [9.17, 15) is 0 Å². The number of nitrogens with zero attached hydrogens (tertiary/aromatic N) is 1. The van der Waals surface area contributed by atoms with Crippen molar-refractivity contribution in [3.8, 4) is 16.9 Å². The number of anilines is 1. The summed E-state index contributed by atoms with van der Waals surface area (Å²) in [6.45, 7) is 3.49. The number of methoxy groups -OCH3 is 1. The Kier molecular flexibility index (Phi) is 3.90. The molecule has 1 saturated heterocycles. The molecule has 1 N–H and O–H groups in total. The van der Waals surface area contributed by atoms with Crippen molar-refractivity contribution in [2.45, 2.75) is 29.7 Å². The van der Waals surface area contributed by atoms with Crippen LogP contribution in [-0.2, 0) is 0 Å². The summed E-state index contributed by atoms with van der Waals surface area (Å²) >= 11 is 2.04. The van der Waals surface area contributed by atoms with Crippen molar-refractivity contribution >= 4 is 17.4 Å². The molecule has 4 heteroatoms. The van der Waals surface area contributed by atoms with E-state index in [-0.39, 0.29) is 0 Å². The minimum atomic E-state index is 0.638. The zero-order chi connectivity index (χ0) is 16.8. The first-order valence-electron chi connectivity index (χ1n) is 9.27. The number of ether oxygens (including phenoxy) is 1. The lowest BCUT2D eigenvalue weighted by atomic mass is 9.88. The third kappa shape index (κ3) is 2.54. The van der Waals surface area contributed by atoms with Crippen LogP contribution in [0.25, 0.3) is 11.1 Å². The molecule has 0 aromatic heterocycles. The van der Waals surface area contributed by atoms with Crippen LogP contribution in [0.2, 0.25) is 0 Å². The zero-order valence-electron chi connectivity index (χ0n) is 14.6. The summed E-state index contributed by atoms with van der Waals surface area (Å²) in [5.74, 6) is 2.78. The van der Waals surface area contributed by atoms with E-state index in [0.29, 0.717) is 12.0 Å². The molecule has 0 amide bonds. The molecule has 0 aliphatic carbocycles. The summed E-state index contributed by atoms with van der Waals surface area (Å²) in [4.78, 5) is 4.21. The van der Waals surface area contributed by atoms with E-state index in [4.69, 9.17) is 4.74 Å². The van der Waals surface area contributed by atoms with Gasteiger partial charge in [-0.1, -0.05) is 12.1 Å². The fourth-order valence-corrected chi connectivity index (χ4v) is 5.75. The highest BCUT2D eigenvalue weighted by atomic mass is 32.2. The second-order valence-corrected chi connectivity index (χ2v) is 8.34. The molecule has 0 spiro atoms. The molecule has 3 heterocycles. The molecule has 1 fully saturated rings. The van der Waals surface area contributed by atoms with Gasteiger partial charge in [0.1, 0.15) is 5.75 Å². The van der Waals surface area contributed by atoms with Crippen LogP contribution in [0, 0.1) is 0 Å². The van der Waals surface area contributed by atoms with Crippen LogP contribution in [-0.4, -0.2) is 38.5 Å². The van der Waals surface area contributed by atoms with Crippen LogP contribution in [0.15, 0.2) is 41.3 Å². The lowest BCUT2D eigenvalue weighted by molar-refractivity contribution is 0.403. The van der Waals surface area contributed by atoms with Gasteiger partial charge in [0, 0.05) is 29.9 Å². The van der Waals surface area contributed by atoms with Gasteiger partial charge in [0.2, 0.25) is 0 Å². The van der Waals surface area contributed by atoms with E-state index in [2.05, 4.69) is 46.6 Å². The largest absolute Gasteiger partial charge is 0.497 e. The summed E-state index contributed by atoms with van der Waals surface area (Å²) < 4.78 is 5.32. The number of thioether (sulfide) groups is 1. The lowest BCUT2D eigenvalue weighted by Gasteiger charge is -2.33. The molecule has 0 bridgehead atoms. The summed E-state index contributed by atoms with van der Waals surface area (Å²) in [5.41, 5.74) is 5.73. The molecule has 2 atom stereocenters. The summed E-state index contributed by atoms with van der Waals surface area (Å²) in [5, 5.41) is 3.62. The van der Waals surface area contributed by atoms with Gasteiger partial charge in [0.25, 0.3) is 0 Å². The molecule has 130 valence electrons. The average molecular weight is 353 g/mol. The average Bonchev–Trinajstić information content (AvgIpc) is 2.83. The van der Waals surface area contributed by atoms with Gasteiger partial charge < -0.3 is 15.0 Å². The Morgan fingerprint density at radius 2 is 2.04 bits per heavy atom. The van der Waals surface area contributed by atoms with Crippen molar-refractivity contribution < 1.29 is 4.74 Å². The molecule has 3 nitrogen and oxygen atoms in total. The highest BCUT2D eigenvalue weighted by Crippen LogP contribution is 2.51. The zero-order valence-corrected chi connectivity index (χ0v) is 15.4. The minimum Gasteiger partial charge on any atom is -0.497 e. The maximum Gasteiger partial charge on any atom is 0.118 e. The third-order valence-electron chi connectivity index (χ3n) is 5.86. The Morgan fingerprint density at radius 1 is 1.16 bits per heavy atom. The molecule has 0 radical (unpaired) electrons. The van der Waals surface area contributed by atoms with Crippen LogP contribution < -0.4 is 15.0 Å². The highest BCUT2D eigenvalue weighted by Gasteiger charge is 2.41. The second-order valence-electron chi connectivity index (χ2n) is 7.20. The van der Waals surface area contributed by atoms with Crippen LogP contribution in [0.4, 0.5) is 5.69 Å². The number of hydrogen-bond donors (Lipinski definition) is 1. The molecular formula is C21H24N2OS. The topological polar surface area (TPSA) is 24.5 Å². The maximum absolute atomic E-state index is 5.32. The summed E-state index contributed by atoms with van der Waals surface area (Å²) in [6, 6.07) is 14.0. The molecule has 3 aliphatic rings. The van der Waals surface area contributed by atoms with Crippen molar-refractivity contribution in [2.24, 2.45) is 0 Å². The fourth-order valence-electron chi connectivity index (χ4n) is 4.68. The van der Waals surface area contributed by atoms with Crippen molar-refractivity contribution in [1.82, 2.24) is 5.32 Å². The van der Waals surface area contributed by atoms with Crippen LogP contribution >= 0.6 is 11.8 Å². The molecule has 2 unspecified atom stereocenters. The number of rotatable bonds is 2. The molecule has 5 rings (SSSR count). The monoisotopic (exact) mass is 352 g/mol. The first-order valence-corrected chi connectivity index (χ1v) is 10.3. The van der Waals surface area contributed by atoms with Crippen molar-refractivity contribution in [3.63, 3.8) is 0 Å². The number of benzene rings is 2. The molecule has 0 saturated carbocycles. The highest BCUT2D eigenvalue weighted by molar-refractivity contribution is 7.99. The molecule has 25 heavy (non-hydrogen) atoms.